The summed E-state index contributed by atoms with van der Waals surface area (Å²) >= 11 is 0. The zero-order valence-electron chi connectivity index (χ0n) is 18.2. The van der Waals surface area contributed by atoms with Crippen molar-refractivity contribution < 1.29 is 28.9 Å². The number of pyridine rings is 1. The fraction of sp³-hybridized carbons (Fsp3) is 0.231. The molecule has 3 aromatic rings. The lowest BCUT2D eigenvalue weighted by Crippen LogP contribution is -2.17. The van der Waals surface area contributed by atoms with Crippen LogP contribution in [-0.2, 0) is 9.36 Å². The maximum atomic E-state index is 13.6. The summed E-state index contributed by atoms with van der Waals surface area (Å²) in [6.07, 6.45) is -0.950. The number of carboxylic acid groups (broad SMARTS) is 1. The Morgan fingerprint density at radius 3 is 2.41 bits per heavy atom. The number of aromatic nitrogens is 1. The molecule has 1 aromatic heterocycles. The average molecular weight is 479 g/mol. The zero-order valence-corrected chi connectivity index (χ0v) is 19.1. The summed E-state index contributed by atoms with van der Waals surface area (Å²) in [5, 5.41) is 18.6. The van der Waals surface area contributed by atoms with Crippen LogP contribution in [0.5, 0.6) is 0 Å². The van der Waals surface area contributed by atoms with Gasteiger partial charge in [0.05, 0.1) is 35.6 Å². The van der Waals surface area contributed by atoms with Gasteiger partial charge in [-0.1, -0.05) is 48.4 Å². The lowest BCUT2D eigenvalue weighted by molar-refractivity contribution is -0.138. The number of benzene rings is 2. The lowest BCUT2D eigenvalue weighted by Gasteiger charge is -2.14. The standard InChI is InChI=1S/C26H23FNO5P/c27-20-10-8-17(9-11-20)23-15-24(18-4-2-1-3-5-18)28-26(19-6-7-19)22(23)12-13-34(32,33)16-21(29)14-25(30)31/h1-5,8-11,15,19,21,29H,6-7,14,16H2,(H,30,31)(H,32,33)/t21-/m0/s1. The highest BCUT2D eigenvalue weighted by atomic mass is 31.2. The van der Waals surface area contributed by atoms with Crippen molar-refractivity contribution in [3.8, 4) is 34.0 Å². The highest BCUT2D eigenvalue weighted by Crippen LogP contribution is 2.45. The molecule has 0 bridgehead atoms. The number of carbonyl (C=O) groups is 1. The first-order valence-electron chi connectivity index (χ1n) is 10.8. The minimum absolute atomic E-state index is 0.155. The third-order valence-corrected chi connectivity index (χ3v) is 6.84. The maximum absolute atomic E-state index is 13.6. The van der Waals surface area contributed by atoms with Crippen LogP contribution >= 0.6 is 7.37 Å². The zero-order chi connectivity index (χ0) is 24.3. The fourth-order valence-electron chi connectivity index (χ4n) is 3.70. The van der Waals surface area contributed by atoms with Crippen molar-refractivity contribution in [2.75, 3.05) is 6.16 Å². The minimum atomic E-state index is -4.15. The number of hydrogen-bond acceptors (Lipinski definition) is 4. The van der Waals surface area contributed by atoms with Gasteiger partial charge in [-0.05, 0) is 42.3 Å². The molecule has 174 valence electrons. The second-order valence-corrected chi connectivity index (χ2v) is 10.3. The minimum Gasteiger partial charge on any atom is -0.481 e. The van der Waals surface area contributed by atoms with Gasteiger partial charge in [0.1, 0.15) is 5.82 Å². The quantitative estimate of drug-likeness (QED) is 0.330. The highest BCUT2D eigenvalue weighted by Gasteiger charge is 2.30. The summed E-state index contributed by atoms with van der Waals surface area (Å²) in [7, 11) is -4.15. The van der Waals surface area contributed by atoms with E-state index in [9.17, 15) is 23.7 Å². The summed E-state index contributed by atoms with van der Waals surface area (Å²) in [6, 6.07) is 17.3. The van der Waals surface area contributed by atoms with Crippen molar-refractivity contribution in [3.63, 3.8) is 0 Å². The van der Waals surface area contributed by atoms with Gasteiger partial charge in [0.15, 0.2) is 0 Å². The van der Waals surface area contributed by atoms with Crippen LogP contribution in [-0.4, -0.2) is 38.3 Å². The van der Waals surface area contributed by atoms with Crippen LogP contribution in [0, 0.1) is 17.4 Å². The number of aliphatic hydroxyl groups excluding tert-OH is 1. The number of aliphatic carboxylic acids is 1. The van der Waals surface area contributed by atoms with E-state index >= 15 is 0 Å². The molecule has 0 saturated heterocycles. The van der Waals surface area contributed by atoms with Crippen LogP contribution in [0.1, 0.15) is 36.4 Å². The first kappa shape index (κ1) is 23.8. The first-order chi connectivity index (χ1) is 16.2. The molecular weight excluding hydrogens is 456 g/mol. The molecule has 3 N–H and O–H groups in total. The summed E-state index contributed by atoms with van der Waals surface area (Å²) in [5.41, 5.74) is 6.53. The summed E-state index contributed by atoms with van der Waals surface area (Å²) < 4.78 is 26.2. The Balaban J connectivity index is 1.83. The Kier molecular flexibility index (Phi) is 6.95. The van der Waals surface area contributed by atoms with Crippen molar-refractivity contribution in [2.24, 2.45) is 0 Å². The van der Waals surface area contributed by atoms with E-state index in [1.54, 1.807) is 12.1 Å². The molecule has 0 amide bonds. The number of aliphatic hydroxyl groups is 1. The van der Waals surface area contributed by atoms with Gasteiger partial charge in [-0.3, -0.25) is 14.3 Å². The van der Waals surface area contributed by atoms with Gasteiger partial charge < -0.3 is 15.1 Å². The number of halogens is 1. The molecule has 0 aliphatic heterocycles. The van der Waals surface area contributed by atoms with E-state index in [1.165, 1.54) is 12.1 Å². The van der Waals surface area contributed by atoms with Crippen LogP contribution in [0.25, 0.3) is 22.4 Å². The van der Waals surface area contributed by atoms with E-state index in [0.717, 1.165) is 24.1 Å². The Morgan fingerprint density at radius 2 is 1.79 bits per heavy atom. The Morgan fingerprint density at radius 1 is 1.12 bits per heavy atom. The molecule has 1 unspecified atom stereocenters. The summed E-state index contributed by atoms with van der Waals surface area (Å²) in [6.45, 7) is 0. The predicted octanol–water partition coefficient (Wildman–Crippen LogP) is 4.85. The largest absolute Gasteiger partial charge is 0.481 e. The van der Waals surface area contributed by atoms with Gasteiger partial charge in [0.25, 0.3) is 7.37 Å². The topological polar surface area (TPSA) is 108 Å². The molecule has 8 heteroatoms. The molecule has 34 heavy (non-hydrogen) atoms. The monoisotopic (exact) mass is 479 g/mol. The molecular formula is C26H23FNO5P. The molecule has 4 rings (SSSR count). The molecule has 1 saturated carbocycles. The van der Waals surface area contributed by atoms with E-state index in [2.05, 4.69) is 11.6 Å². The van der Waals surface area contributed by atoms with Gasteiger partial charge in [-0.15, -0.1) is 0 Å². The second kappa shape index (κ2) is 9.90. The van der Waals surface area contributed by atoms with E-state index in [-0.39, 0.29) is 11.7 Å². The van der Waals surface area contributed by atoms with E-state index in [0.29, 0.717) is 22.4 Å². The molecule has 0 radical (unpaired) electrons. The number of nitrogens with zero attached hydrogens (tertiary/aromatic N) is 1. The van der Waals surface area contributed by atoms with Gasteiger partial charge in [-0.2, -0.15) is 0 Å². The Hall–Kier alpha value is -3.30. The SMILES string of the molecule is O=C(O)C[C@H](O)CP(=O)(O)C#Cc1c(-c2ccc(F)cc2)cc(-c2ccccc2)nc1C1CC1. The van der Waals surface area contributed by atoms with Gasteiger partial charge in [0.2, 0.25) is 0 Å². The maximum Gasteiger partial charge on any atom is 0.305 e. The molecule has 2 atom stereocenters. The Labute approximate surface area is 196 Å². The smallest absolute Gasteiger partial charge is 0.305 e. The van der Waals surface area contributed by atoms with Crippen molar-refractivity contribution in [3.05, 3.63) is 77.7 Å². The summed E-state index contributed by atoms with van der Waals surface area (Å²) in [5.74, 6) is 1.32. The average Bonchev–Trinajstić information content (AvgIpc) is 3.63. The Bertz CT molecular complexity index is 1310. The molecule has 2 aromatic carbocycles. The first-order valence-corrected chi connectivity index (χ1v) is 12.7. The molecule has 6 nitrogen and oxygen atoms in total. The molecule has 1 heterocycles. The van der Waals surface area contributed by atoms with E-state index in [1.807, 2.05) is 36.4 Å². The second-order valence-electron chi connectivity index (χ2n) is 8.34. The van der Waals surface area contributed by atoms with Crippen molar-refractivity contribution in [1.29, 1.82) is 0 Å². The van der Waals surface area contributed by atoms with Gasteiger partial charge >= 0.3 is 5.97 Å². The van der Waals surface area contributed by atoms with Gasteiger partial charge in [0, 0.05) is 17.0 Å². The van der Waals surface area contributed by atoms with Crippen LogP contribution in [0.4, 0.5) is 4.39 Å². The van der Waals surface area contributed by atoms with Gasteiger partial charge in [-0.25, -0.2) is 4.39 Å². The van der Waals surface area contributed by atoms with Crippen LogP contribution < -0.4 is 0 Å². The third kappa shape index (κ3) is 5.98. The predicted molar refractivity (Wildman–Crippen MR) is 127 cm³/mol. The van der Waals surface area contributed by atoms with E-state index < -0.39 is 32.0 Å². The summed E-state index contributed by atoms with van der Waals surface area (Å²) in [4.78, 5) is 25.9. The third-order valence-electron chi connectivity index (χ3n) is 5.46. The molecule has 1 aliphatic carbocycles. The lowest BCUT2D eigenvalue weighted by atomic mass is 9.95. The molecule has 1 fully saturated rings. The number of rotatable bonds is 7. The highest BCUT2D eigenvalue weighted by molar-refractivity contribution is 7.63. The van der Waals surface area contributed by atoms with Crippen LogP contribution in [0.2, 0.25) is 0 Å². The van der Waals surface area contributed by atoms with Crippen LogP contribution in [0.3, 0.4) is 0 Å². The molecule has 0 spiro atoms. The van der Waals surface area contributed by atoms with E-state index in [4.69, 9.17) is 10.1 Å². The van der Waals surface area contributed by atoms with Crippen molar-refractivity contribution >= 4 is 13.3 Å². The molecule has 1 aliphatic rings. The number of hydrogen-bond donors (Lipinski definition) is 3. The van der Waals surface area contributed by atoms with Crippen LogP contribution in [0.15, 0.2) is 60.7 Å². The fourth-order valence-corrected chi connectivity index (χ4v) is 4.78. The normalized spacial score (nSPS) is 15.6. The van der Waals surface area contributed by atoms with Crippen molar-refractivity contribution in [2.45, 2.75) is 31.3 Å². The van der Waals surface area contributed by atoms with Crippen molar-refractivity contribution in [1.82, 2.24) is 4.98 Å². The number of carboxylic acids is 1.